The summed E-state index contributed by atoms with van der Waals surface area (Å²) in [6, 6.07) is 6.98. The van der Waals surface area contributed by atoms with Crippen LogP contribution in [0.1, 0.15) is 36.5 Å². The Hall–Kier alpha value is -1.88. The zero-order valence-corrected chi connectivity index (χ0v) is 12.4. The van der Waals surface area contributed by atoms with Crippen LogP contribution in [0.4, 0.5) is 5.69 Å². The Bertz CT molecular complexity index is 479. The minimum atomic E-state index is -0.0938. The molecule has 0 spiro atoms. The van der Waals surface area contributed by atoms with Crippen molar-refractivity contribution in [1.82, 2.24) is 10.6 Å². The van der Waals surface area contributed by atoms with Gasteiger partial charge in [-0.05, 0) is 63.0 Å². The summed E-state index contributed by atoms with van der Waals surface area (Å²) >= 11 is 0. The lowest BCUT2D eigenvalue weighted by molar-refractivity contribution is -0.117. The van der Waals surface area contributed by atoms with Gasteiger partial charge in [-0.25, -0.2) is 0 Å². The van der Waals surface area contributed by atoms with Crippen LogP contribution in [0.2, 0.25) is 0 Å². The van der Waals surface area contributed by atoms with Crippen molar-refractivity contribution in [2.45, 2.75) is 26.2 Å². The predicted molar refractivity (Wildman–Crippen MR) is 83.3 cm³/mol. The predicted octanol–water partition coefficient (Wildman–Crippen LogP) is 1.76. The monoisotopic (exact) mass is 289 g/mol. The van der Waals surface area contributed by atoms with Crippen LogP contribution in [0.3, 0.4) is 0 Å². The highest BCUT2D eigenvalue weighted by atomic mass is 16.2. The van der Waals surface area contributed by atoms with Gasteiger partial charge in [-0.2, -0.15) is 0 Å². The highest BCUT2D eigenvalue weighted by molar-refractivity contribution is 5.95. The molecule has 1 saturated heterocycles. The van der Waals surface area contributed by atoms with Crippen LogP contribution in [-0.2, 0) is 4.79 Å². The number of hydrogen-bond acceptors (Lipinski definition) is 3. The number of nitrogens with one attached hydrogen (secondary N) is 3. The molecular formula is C16H23N3O2. The fourth-order valence-corrected chi connectivity index (χ4v) is 2.54. The standard InChI is InChI=1S/C16H23N3O2/c1-2-18-16(21)13-5-7-14(8-6-13)19-15(20)10-12-4-3-9-17-11-12/h5-8,12,17H,2-4,9-11H2,1H3,(H,18,21)(H,19,20). The largest absolute Gasteiger partial charge is 0.352 e. The van der Waals surface area contributed by atoms with Gasteiger partial charge < -0.3 is 16.0 Å². The number of rotatable bonds is 5. The molecule has 5 heteroatoms. The zero-order valence-electron chi connectivity index (χ0n) is 12.4. The Kier molecular flexibility index (Phi) is 5.75. The van der Waals surface area contributed by atoms with Crippen molar-refractivity contribution >= 4 is 17.5 Å². The summed E-state index contributed by atoms with van der Waals surface area (Å²) in [6.07, 6.45) is 2.79. The van der Waals surface area contributed by atoms with E-state index in [1.165, 1.54) is 0 Å². The molecule has 1 unspecified atom stereocenters. The van der Waals surface area contributed by atoms with Gasteiger partial charge in [0.05, 0.1) is 0 Å². The molecule has 1 aromatic rings. The number of piperidine rings is 1. The number of carbonyl (C=O) groups is 2. The van der Waals surface area contributed by atoms with Crippen molar-refractivity contribution < 1.29 is 9.59 Å². The van der Waals surface area contributed by atoms with Crippen LogP contribution in [0.15, 0.2) is 24.3 Å². The molecule has 1 aliphatic rings. The second-order valence-electron chi connectivity index (χ2n) is 5.40. The van der Waals surface area contributed by atoms with Crippen LogP contribution in [0, 0.1) is 5.92 Å². The minimum Gasteiger partial charge on any atom is -0.352 e. The first-order valence-electron chi connectivity index (χ1n) is 7.58. The molecule has 1 atom stereocenters. The Labute approximate surface area is 125 Å². The maximum absolute atomic E-state index is 12.0. The van der Waals surface area contributed by atoms with Crippen LogP contribution in [0.5, 0.6) is 0 Å². The third-order valence-electron chi connectivity index (χ3n) is 3.64. The van der Waals surface area contributed by atoms with Crippen LogP contribution >= 0.6 is 0 Å². The van der Waals surface area contributed by atoms with Gasteiger partial charge in [-0.3, -0.25) is 9.59 Å². The molecule has 1 aromatic carbocycles. The lowest BCUT2D eigenvalue weighted by atomic mass is 9.96. The average molecular weight is 289 g/mol. The van der Waals surface area contributed by atoms with E-state index in [4.69, 9.17) is 0 Å². The minimum absolute atomic E-state index is 0.0365. The molecule has 0 bridgehead atoms. The van der Waals surface area contributed by atoms with Crippen LogP contribution in [0.25, 0.3) is 0 Å². The highest BCUT2D eigenvalue weighted by Gasteiger charge is 2.16. The molecule has 114 valence electrons. The smallest absolute Gasteiger partial charge is 0.251 e. The third kappa shape index (κ3) is 4.86. The molecule has 21 heavy (non-hydrogen) atoms. The van der Waals surface area contributed by atoms with Crippen LogP contribution < -0.4 is 16.0 Å². The molecule has 3 N–H and O–H groups in total. The van der Waals surface area contributed by atoms with E-state index >= 15 is 0 Å². The molecule has 2 rings (SSSR count). The Morgan fingerprint density at radius 3 is 2.67 bits per heavy atom. The van der Waals surface area contributed by atoms with Gasteiger partial charge in [0.25, 0.3) is 5.91 Å². The van der Waals surface area contributed by atoms with Gasteiger partial charge in [0.15, 0.2) is 0 Å². The molecule has 2 amide bonds. The molecule has 1 fully saturated rings. The first-order chi connectivity index (χ1) is 10.2. The highest BCUT2D eigenvalue weighted by Crippen LogP contribution is 2.16. The quantitative estimate of drug-likeness (QED) is 0.773. The van der Waals surface area contributed by atoms with Gasteiger partial charge in [0.2, 0.25) is 5.91 Å². The fraction of sp³-hybridized carbons (Fsp3) is 0.500. The van der Waals surface area contributed by atoms with E-state index in [2.05, 4.69) is 16.0 Å². The fourth-order valence-electron chi connectivity index (χ4n) is 2.54. The summed E-state index contributed by atoms with van der Waals surface area (Å²) in [5.41, 5.74) is 1.34. The summed E-state index contributed by atoms with van der Waals surface area (Å²) in [5, 5.41) is 8.94. The molecule has 1 aliphatic heterocycles. The third-order valence-corrected chi connectivity index (χ3v) is 3.64. The Morgan fingerprint density at radius 1 is 1.29 bits per heavy atom. The van der Waals surface area contributed by atoms with Gasteiger partial charge >= 0.3 is 0 Å². The number of carbonyl (C=O) groups excluding carboxylic acids is 2. The maximum atomic E-state index is 12.0. The number of amides is 2. The van der Waals surface area contributed by atoms with E-state index in [1.54, 1.807) is 24.3 Å². The topological polar surface area (TPSA) is 70.2 Å². The normalized spacial score (nSPS) is 18.0. The summed E-state index contributed by atoms with van der Waals surface area (Å²) < 4.78 is 0. The van der Waals surface area contributed by atoms with Crippen molar-refractivity contribution in [3.8, 4) is 0 Å². The first-order valence-corrected chi connectivity index (χ1v) is 7.58. The van der Waals surface area contributed by atoms with Gasteiger partial charge in [0, 0.05) is 24.2 Å². The van der Waals surface area contributed by atoms with Crippen molar-refractivity contribution in [3.05, 3.63) is 29.8 Å². The van der Waals surface area contributed by atoms with Crippen molar-refractivity contribution in [2.75, 3.05) is 25.0 Å². The van der Waals surface area contributed by atoms with E-state index in [9.17, 15) is 9.59 Å². The molecule has 0 aliphatic carbocycles. The number of anilines is 1. The molecule has 1 heterocycles. The zero-order chi connectivity index (χ0) is 15.1. The Balaban J connectivity index is 1.84. The van der Waals surface area contributed by atoms with E-state index in [-0.39, 0.29) is 11.8 Å². The number of hydrogen-bond donors (Lipinski definition) is 3. The lowest BCUT2D eigenvalue weighted by Crippen LogP contribution is -2.32. The SMILES string of the molecule is CCNC(=O)c1ccc(NC(=O)CC2CCCNC2)cc1. The molecule has 0 aromatic heterocycles. The van der Waals surface area contributed by atoms with E-state index in [1.807, 2.05) is 6.92 Å². The average Bonchev–Trinajstić information content (AvgIpc) is 2.49. The lowest BCUT2D eigenvalue weighted by Gasteiger charge is -2.22. The van der Waals surface area contributed by atoms with Gasteiger partial charge in [0.1, 0.15) is 0 Å². The second kappa shape index (κ2) is 7.78. The summed E-state index contributed by atoms with van der Waals surface area (Å²) in [4.78, 5) is 23.6. The maximum Gasteiger partial charge on any atom is 0.251 e. The van der Waals surface area contributed by atoms with Crippen molar-refractivity contribution in [1.29, 1.82) is 0 Å². The van der Waals surface area contributed by atoms with Crippen LogP contribution in [-0.4, -0.2) is 31.4 Å². The van der Waals surface area contributed by atoms with Crippen molar-refractivity contribution in [2.24, 2.45) is 5.92 Å². The second-order valence-corrected chi connectivity index (χ2v) is 5.40. The van der Waals surface area contributed by atoms with E-state index in [0.29, 0.717) is 24.4 Å². The van der Waals surface area contributed by atoms with Gasteiger partial charge in [-0.15, -0.1) is 0 Å². The van der Waals surface area contributed by atoms with Gasteiger partial charge in [-0.1, -0.05) is 0 Å². The summed E-state index contributed by atoms with van der Waals surface area (Å²) in [7, 11) is 0. The van der Waals surface area contributed by atoms with E-state index < -0.39 is 0 Å². The molecular weight excluding hydrogens is 266 g/mol. The summed E-state index contributed by atoms with van der Waals surface area (Å²) in [6.45, 7) is 4.46. The Morgan fingerprint density at radius 2 is 2.05 bits per heavy atom. The first kappa shape index (κ1) is 15.5. The summed E-state index contributed by atoms with van der Waals surface area (Å²) in [5.74, 6) is 0.367. The van der Waals surface area contributed by atoms with Crippen molar-refractivity contribution in [3.63, 3.8) is 0 Å². The number of benzene rings is 1. The molecule has 5 nitrogen and oxygen atoms in total. The molecule has 0 radical (unpaired) electrons. The van der Waals surface area contributed by atoms with E-state index in [0.717, 1.165) is 31.6 Å². The molecule has 0 saturated carbocycles.